The highest BCUT2D eigenvalue weighted by Crippen LogP contribution is 2.23. The van der Waals surface area contributed by atoms with Crippen molar-refractivity contribution in [3.63, 3.8) is 0 Å². The van der Waals surface area contributed by atoms with Crippen LogP contribution in [0.1, 0.15) is 18.5 Å². The first kappa shape index (κ1) is 22.2. The average Bonchev–Trinajstić information content (AvgIpc) is 3.09. The molecule has 0 amide bonds. The third kappa shape index (κ3) is 8.42. The van der Waals surface area contributed by atoms with Crippen LogP contribution in [0.2, 0.25) is 0 Å². The monoisotopic (exact) mass is 490 g/mol. The Bertz CT molecular complexity index is 617. The number of nitrogens with zero attached hydrogens (tertiary/aromatic N) is 2. The SMILES string of the molecule is CN=C(NCCCCSC)NCCc1csc(-c2ccccc2)n1.I. The summed E-state index contributed by atoms with van der Waals surface area (Å²) >= 11 is 3.60. The lowest BCUT2D eigenvalue weighted by Crippen LogP contribution is -2.38. The minimum atomic E-state index is 0. The maximum absolute atomic E-state index is 4.71. The summed E-state index contributed by atoms with van der Waals surface area (Å²) in [6.45, 7) is 1.80. The zero-order chi connectivity index (χ0) is 17.0. The topological polar surface area (TPSA) is 49.3 Å². The van der Waals surface area contributed by atoms with Crippen molar-refractivity contribution in [3.8, 4) is 10.6 Å². The molecule has 2 aromatic rings. The van der Waals surface area contributed by atoms with Crippen LogP contribution in [0.5, 0.6) is 0 Å². The number of unbranched alkanes of at least 4 members (excludes halogenated alkanes) is 1. The molecule has 0 spiro atoms. The summed E-state index contributed by atoms with van der Waals surface area (Å²) < 4.78 is 0. The maximum Gasteiger partial charge on any atom is 0.190 e. The summed E-state index contributed by atoms with van der Waals surface area (Å²) in [7, 11) is 1.81. The van der Waals surface area contributed by atoms with E-state index in [4.69, 9.17) is 4.98 Å². The molecule has 138 valence electrons. The fraction of sp³-hybridized carbons (Fsp3) is 0.444. The third-order valence-corrected chi connectivity index (χ3v) is 5.17. The second kappa shape index (κ2) is 13.4. The predicted octanol–water partition coefficient (Wildman–Crippen LogP) is 4.28. The van der Waals surface area contributed by atoms with Crippen molar-refractivity contribution >= 4 is 53.0 Å². The van der Waals surface area contributed by atoms with Gasteiger partial charge < -0.3 is 10.6 Å². The zero-order valence-corrected chi connectivity index (χ0v) is 18.8. The van der Waals surface area contributed by atoms with Crippen LogP contribution in [0, 0.1) is 0 Å². The Morgan fingerprint density at radius 1 is 1.16 bits per heavy atom. The van der Waals surface area contributed by atoms with E-state index in [0.29, 0.717) is 0 Å². The van der Waals surface area contributed by atoms with E-state index in [-0.39, 0.29) is 24.0 Å². The summed E-state index contributed by atoms with van der Waals surface area (Å²) in [5, 5.41) is 9.94. The lowest BCUT2D eigenvalue weighted by Gasteiger charge is -2.11. The molecule has 1 aromatic carbocycles. The first-order valence-corrected chi connectivity index (χ1v) is 10.5. The molecule has 0 aliphatic carbocycles. The van der Waals surface area contributed by atoms with Crippen molar-refractivity contribution < 1.29 is 0 Å². The largest absolute Gasteiger partial charge is 0.356 e. The summed E-state index contributed by atoms with van der Waals surface area (Å²) in [6.07, 6.45) is 5.46. The van der Waals surface area contributed by atoms with E-state index in [1.165, 1.54) is 24.2 Å². The second-order valence-electron chi connectivity index (χ2n) is 5.39. The molecular weight excluding hydrogens is 463 g/mol. The molecule has 0 saturated heterocycles. The minimum absolute atomic E-state index is 0. The molecule has 0 aliphatic rings. The molecule has 0 bridgehead atoms. The summed E-state index contributed by atoms with van der Waals surface area (Å²) in [6, 6.07) is 10.3. The van der Waals surface area contributed by atoms with Crippen molar-refractivity contribution in [1.29, 1.82) is 0 Å². The second-order valence-corrected chi connectivity index (χ2v) is 7.23. The number of nitrogens with one attached hydrogen (secondary N) is 2. The molecule has 2 N–H and O–H groups in total. The van der Waals surface area contributed by atoms with Gasteiger partial charge in [0.05, 0.1) is 5.69 Å². The molecule has 25 heavy (non-hydrogen) atoms. The number of rotatable bonds is 9. The quantitative estimate of drug-likeness (QED) is 0.239. The van der Waals surface area contributed by atoms with Gasteiger partial charge in [0, 0.05) is 37.5 Å². The molecule has 7 heteroatoms. The van der Waals surface area contributed by atoms with Crippen LogP contribution >= 0.6 is 47.1 Å². The number of halogens is 1. The number of guanidine groups is 1. The first-order chi connectivity index (χ1) is 11.8. The summed E-state index contributed by atoms with van der Waals surface area (Å²) in [5.41, 5.74) is 2.31. The fourth-order valence-electron chi connectivity index (χ4n) is 2.24. The zero-order valence-electron chi connectivity index (χ0n) is 14.8. The van der Waals surface area contributed by atoms with Crippen molar-refractivity contribution in [1.82, 2.24) is 15.6 Å². The van der Waals surface area contributed by atoms with E-state index in [1.54, 1.807) is 11.3 Å². The van der Waals surface area contributed by atoms with Gasteiger partial charge in [-0.1, -0.05) is 30.3 Å². The molecular formula is C18H27IN4S2. The van der Waals surface area contributed by atoms with E-state index in [2.05, 4.69) is 39.4 Å². The lowest BCUT2D eigenvalue weighted by molar-refractivity contribution is 0.729. The third-order valence-electron chi connectivity index (χ3n) is 3.54. The summed E-state index contributed by atoms with van der Waals surface area (Å²) in [4.78, 5) is 8.98. The van der Waals surface area contributed by atoms with Crippen LogP contribution in [0.4, 0.5) is 0 Å². The number of thiazole rings is 1. The van der Waals surface area contributed by atoms with Crippen LogP contribution in [0.25, 0.3) is 10.6 Å². The van der Waals surface area contributed by atoms with Gasteiger partial charge >= 0.3 is 0 Å². The number of thioether (sulfide) groups is 1. The standard InChI is InChI=1S/C18H26N4S2.HI/c1-19-18(20-11-6-7-13-23-2)21-12-10-16-14-24-17(22-16)15-8-4-3-5-9-15;/h3-5,8-9,14H,6-7,10-13H2,1-2H3,(H2,19,20,21);1H. The van der Waals surface area contributed by atoms with Gasteiger partial charge in [-0.25, -0.2) is 4.98 Å². The minimum Gasteiger partial charge on any atom is -0.356 e. The average molecular weight is 490 g/mol. The Morgan fingerprint density at radius 2 is 1.92 bits per heavy atom. The van der Waals surface area contributed by atoms with Crippen molar-refractivity contribution in [2.24, 2.45) is 4.99 Å². The maximum atomic E-state index is 4.71. The van der Waals surface area contributed by atoms with E-state index >= 15 is 0 Å². The predicted molar refractivity (Wildman–Crippen MR) is 124 cm³/mol. The van der Waals surface area contributed by atoms with E-state index in [9.17, 15) is 0 Å². The fourth-order valence-corrected chi connectivity index (χ4v) is 3.60. The smallest absolute Gasteiger partial charge is 0.190 e. The van der Waals surface area contributed by atoms with Gasteiger partial charge in [-0.05, 0) is 24.9 Å². The van der Waals surface area contributed by atoms with Crippen molar-refractivity contribution in [2.75, 3.05) is 32.1 Å². The lowest BCUT2D eigenvalue weighted by atomic mass is 10.2. The molecule has 1 heterocycles. The van der Waals surface area contributed by atoms with E-state index in [0.717, 1.165) is 36.2 Å². The Balaban J connectivity index is 0.00000312. The molecule has 0 unspecified atom stereocenters. The first-order valence-electron chi connectivity index (χ1n) is 8.26. The molecule has 0 aliphatic heterocycles. The number of hydrogen-bond acceptors (Lipinski definition) is 4. The van der Waals surface area contributed by atoms with Crippen LogP contribution in [0.3, 0.4) is 0 Å². The molecule has 0 fully saturated rings. The van der Waals surface area contributed by atoms with Gasteiger partial charge in [-0.3, -0.25) is 4.99 Å². The number of aliphatic imine (C=N–C) groups is 1. The van der Waals surface area contributed by atoms with Crippen LogP contribution in [0.15, 0.2) is 40.7 Å². The van der Waals surface area contributed by atoms with Crippen molar-refractivity contribution in [3.05, 3.63) is 41.4 Å². The van der Waals surface area contributed by atoms with Gasteiger partial charge in [0.1, 0.15) is 5.01 Å². The normalized spacial score (nSPS) is 11.0. The number of hydrogen-bond donors (Lipinski definition) is 2. The number of aromatic nitrogens is 1. The Labute approximate surface area is 176 Å². The molecule has 0 radical (unpaired) electrons. The van der Waals surface area contributed by atoms with E-state index < -0.39 is 0 Å². The Kier molecular flexibility index (Phi) is 11.9. The molecule has 1 aromatic heterocycles. The van der Waals surface area contributed by atoms with Gasteiger partial charge in [-0.2, -0.15) is 11.8 Å². The van der Waals surface area contributed by atoms with Gasteiger partial charge in [0.15, 0.2) is 5.96 Å². The van der Waals surface area contributed by atoms with Crippen LogP contribution in [-0.4, -0.2) is 43.1 Å². The van der Waals surface area contributed by atoms with Gasteiger partial charge in [0.2, 0.25) is 0 Å². The van der Waals surface area contributed by atoms with Gasteiger partial charge in [-0.15, -0.1) is 35.3 Å². The summed E-state index contributed by atoms with van der Waals surface area (Å²) in [5.74, 6) is 2.10. The van der Waals surface area contributed by atoms with Crippen molar-refractivity contribution in [2.45, 2.75) is 19.3 Å². The highest BCUT2D eigenvalue weighted by molar-refractivity contribution is 14.0. The highest BCUT2D eigenvalue weighted by atomic mass is 127. The van der Waals surface area contributed by atoms with E-state index in [1.807, 2.05) is 37.0 Å². The molecule has 4 nitrogen and oxygen atoms in total. The van der Waals surface area contributed by atoms with Crippen LogP contribution < -0.4 is 10.6 Å². The number of benzene rings is 1. The Morgan fingerprint density at radius 3 is 2.64 bits per heavy atom. The Hall–Kier alpha value is -0.800. The molecule has 0 atom stereocenters. The van der Waals surface area contributed by atoms with Crippen LogP contribution in [-0.2, 0) is 6.42 Å². The highest BCUT2D eigenvalue weighted by Gasteiger charge is 2.04. The van der Waals surface area contributed by atoms with Gasteiger partial charge in [0.25, 0.3) is 0 Å². The molecule has 2 rings (SSSR count). The molecule has 0 saturated carbocycles.